The Morgan fingerprint density at radius 1 is 0.853 bits per heavy atom. The lowest BCUT2D eigenvalue weighted by Crippen LogP contribution is -2.13. The molecule has 0 spiro atoms. The quantitative estimate of drug-likeness (QED) is 0.259. The molecule has 0 unspecified atom stereocenters. The Hall–Kier alpha value is -4.44. The molecule has 0 aliphatic carbocycles. The van der Waals surface area contributed by atoms with Gasteiger partial charge in [0.15, 0.2) is 5.82 Å². The van der Waals surface area contributed by atoms with E-state index in [2.05, 4.69) is 31.1 Å². The monoisotopic (exact) mass is 480 g/mol. The van der Waals surface area contributed by atoms with E-state index in [4.69, 9.17) is 11.6 Å². The summed E-state index contributed by atoms with van der Waals surface area (Å²) in [6, 6.07) is 16.3. The number of benzene rings is 3. The molecule has 0 aliphatic heterocycles. The first-order chi connectivity index (χ1) is 16.4. The van der Waals surface area contributed by atoms with Gasteiger partial charge in [-0.3, -0.25) is 4.79 Å². The summed E-state index contributed by atoms with van der Waals surface area (Å²) in [5.74, 6) is -1.38. The van der Waals surface area contributed by atoms with E-state index in [1.165, 1.54) is 42.7 Å². The minimum atomic E-state index is -0.993. The molecule has 0 saturated carbocycles. The van der Waals surface area contributed by atoms with Crippen molar-refractivity contribution < 1.29 is 13.6 Å². The first kappa shape index (κ1) is 22.7. The molecule has 0 fully saturated rings. The molecule has 3 aromatic carbocycles. The minimum absolute atomic E-state index is 0.0229. The highest BCUT2D eigenvalue weighted by molar-refractivity contribution is 6.31. The van der Waals surface area contributed by atoms with Gasteiger partial charge in [-0.05, 0) is 53.7 Å². The van der Waals surface area contributed by atoms with Crippen molar-refractivity contribution in [2.24, 2.45) is 5.18 Å². The highest BCUT2D eigenvalue weighted by Crippen LogP contribution is 2.25. The van der Waals surface area contributed by atoms with Gasteiger partial charge < -0.3 is 16.0 Å². The van der Waals surface area contributed by atoms with Crippen LogP contribution in [0.25, 0.3) is 0 Å². The van der Waals surface area contributed by atoms with Crippen LogP contribution >= 0.6 is 11.6 Å². The summed E-state index contributed by atoms with van der Waals surface area (Å²) in [7, 11) is 0. The van der Waals surface area contributed by atoms with Gasteiger partial charge in [0.2, 0.25) is 0 Å². The number of carbonyl (C=O) groups is 1. The summed E-state index contributed by atoms with van der Waals surface area (Å²) in [4.78, 5) is 31.4. The molecule has 4 rings (SSSR count). The fourth-order valence-corrected chi connectivity index (χ4v) is 3.18. The Kier molecular flexibility index (Phi) is 6.69. The Morgan fingerprint density at radius 2 is 1.53 bits per heavy atom. The molecule has 8 nitrogen and oxygen atoms in total. The van der Waals surface area contributed by atoms with E-state index in [0.29, 0.717) is 28.7 Å². The van der Waals surface area contributed by atoms with Crippen LogP contribution in [0.15, 0.2) is 78.2 Å². The van der Waals surface area contributed by atoms with Gasteiger partial charge in [-0.25, -0.2) is 18.7 Å². The number of amides is 1. The van der Waals surface area contributed by atoms with Crippen LogP contribution < -0.4 is 16.0 Å². The minimum Gasteiger partial charge on any atom is -0.340 e. The van der Waals surface area contributed by atoms with Crippen molar-refractivity contribution in [2.45, 2.75) is 0 Å². The number of anilines is 5. The smallest absolute Gasteiger partial charge is 0.258 e. The Balaban J connectivity index is 1.47. The van der Waals surface area contributed by atoms with E-state index in [1.807, 2.05) is 0 Å². The molecule has 0 bridgehead atoms. The van der Waals surface area contributed by atoms with Gasteiger partial charge in [0.1, 0.15) is 29.5 Å². The number of aromatic nitrogens is 2. The van der Waals surface area contributed by atoms with Crippen LogP contribution in [-0.2, 0) is 0 Å². The van der Waals surface area contributed by atoms with Gasteiger partial charge in [0.25, 0.3) is 5.91 Å². The van der Waals surface area contributed by atoms with Gasteiger partial charge in [-0.1, -0.05) is 23.7 Å². The third kappa shape index (κ3) is 5.30. The zero-order valence-corrected chi connectivity index (χ0v) is 18.0. The van der Waals surface area contributed by atoms with Crippen molar-refractivity contribution in [3.8, 4) is 0 Å². The third-order valence-electron chi connectivity index (χ3n) is 4.57. The van der Waals surface area contributed by atoms with Crippen LogP contribution in [0, 0.1) is 16.5 Å². The summed E-state index contributed by atoms with van der Waals surface area (Å²) in [5.41, 5.74) is 0.757. The van der Waals surface area contributed by atoms with Crippen molar-refractivity contribution in [2.75, 3.05) is 16.0 Å². The Labute approximate surface area is 197 Å². The summed E-state index contributed by atoms with van der Waals surface area (Å²) >= 11 is 5.80. The van der Waals surface area contributed by atoms with Crippen LogP contribution in [0.5, 0.6) is 0 Å². The molecular formula is C23H15ClF2N6O2. The number of nitrogens with one attached hydrogen (secondary N) is 3. The number of hydrogen-bond donors (Lipinski definition) is 3. The normalized spacial score (nSPS) is 10.4. The molecular weight excluding hydrogens is 466 g/mol. The van der Waals surface area contributed by atoms with E-state index in [-0.39, 0.29) is 10.6 Å². The van der Waals surface area contributed by atoms with Gasteiger partial charge in [-0.2, -0.15) is 0 Å². The SMILES string of the molecule is O=Nc1cccc(C(=O)Nc2cccc(Nc3cc(Nc4ccc(F)c(Cl)c4)ncn3)c2)c1F. The zero-order chi connectivity index (χ0) is 24.1. The molecule has 0 saturated heterocycles. The van der Waals surface area contributed by atoms with Gasteiger partial charge in [0, 0.05) is 23.1 Å². The highest BCUT2D eigenvalue weighted by Gasteiger charge is 2.16. The fourth-order valence-electron chi connectivity index (χ4n) is 3.00. The second-order valence-electron chi connectivity index (χ2n) is 6.93. The molecule has 170 valence electrons. The average molecular weight is 481 g/mol. The van der Waals surface area contributed by atoms with Gasteiger partial charge in [-0.15, -0.1) is 4.91 Å². The predicted molar refractivity (Wildman–Crippen MR) is 126 cm³/mol. The standard InChI is InChI=1S/C23H15ClF2N6O2/c24-17-10-15(7-8-18(17)25)30-21-11-20(27-12-28-21)29-13-3-1-4-14(9-13)31-23(33)16-5-2-6-19(32-34)22(16)26/h1-12H,(H,31,33)(H2,27,28,29,30). The number of halogens is 3. The first-order valence-electron chi connectivity index (χ1n) is 9.77. The van der Waals surface area contributed by atoms with Crippen molar-refractivity contribution in [3.63, 3.8) is 0 Å². The van der Waals surface area contributed by atoms with E-state index in [0.717, 1.165) is 0 Å². The van der Waals surface area contributed by atoms with Gasteiger partial charge in [0.05, 0.1) is 10.6 Å². The molecule has 3 N–H and O–H groups in total. The number of carbonyl (C=O) groups excluding carboxylic acids is 1. The van der Waals surface area contributed by atoms with Crippen LogP contribution in [0.1, 0.15) is 10.4 Å². The maximum atomic E-state index is 14.2. The molecule has 1 heterocycles. The predicted octanol–water partition coefficient (Wildman–Crippen LogP) is 6.55. The van der Waals surface area contributed by atoms with Crippen LogP contribution in [0.2, 0.25) is 5.02 Å². The molecule has 0 radical (unpaired) electrons. The van der Waals surface area contributed by atoms with Crippen molar-refractivity contribution >= 4 is 51.9 Å². The number of nitroso groups, excluding NO2 is 1. The lowest BCUT2D eigenvalue weighted by Gasteiger charge is -2.11. The molecule has 34 heavy (non-hydrogen) atoms. The summed E-state index contributed by atoms with van der Waals surface area (Å²) in [5, 5.41) is 11.2. The third-order valence-corrected chi connectivity index (χ3v) is 4.86. The maximum absolute atomic E-state index is 14.2. The van der Waals surface area contributed by atoms with E-state index in [9.17, 15) is 18.5 Å². The molecule has 0 aliphatic rings. The maximum Gasteiger partial charge on any atom is 0.258 e. The summed E-state index contributed by atoms with van der Waals surface area (Å²) in [6.45, 7) is 0. The van der Waals surface area contributed by atoms with Crippen LogP contribution in [-0.4, -0.2) is 15.9 Å². The second-order valence-corrected chi connectivity index (χ2v) is 7.34. The van der Waals surface area contributed by atoms with E-state index >= 15 is 0 Å². The fraction of sp³-hybridized carbons (Fsp3) is 0. The van der Waals surface area contributed by atoms with E-state index < -0.39 is 23.2 Å². The molecule has 1 amide bonds. The van der Waals surface area contributed by atoms with Crippen LogP contribution in [0.4, 0.5) is 43.2 Å². The average Bonchev–Trinajstić information content (AvgIpc) is 2.82. The molecule has 4 aromatic rings. The molecule has 1 aromatic heterocycles. The first-order valence-corrected chi connectivity index (χ1v) is 10.1. The molecule has 0 atom stereocenters. The van der Waals surface area contributed by atoms with E-state index in [1.54, 1.807) is 30.3 Å². The van der Waals surface area contributed by atoms with Crippen molar-refractivity contribution in [1.82, 2.24) is 9.97 Å². The van der Waals surface area contributed by atoms with Crippen molar-refractivity contribution in [1.29, 1.82) is 0 Å². The van der Waals surface area contributed by atoms with Crippen molar-refractivity contribution in [3.05, 3.63) is 100 Å². The largest absolute Gasteiger partial charge is 0.340 e. The van der Waals surface area contributed by atoms with Crippen LogP contribution in [0.3, 0.4) is 0 Å². The summed E-state index contributed by atoms with van der Waals surface area (Å²) < 4.78 is 27.6. The van der Waals surface area contributed by atoms with Gasteiger partial charge >= 0.3 is 0 Å². The molecule has 11 heteroatoms. The Bertz CT molecular complexity index is 1390. The lowest BCUT2D eigenvalue weighted by atomic mass is 10.1. The zero-order valence-electron chi connectivity index (χ0n) is 17.2. The number of hydrogen-bond acceptors (Lipinski definition) is 7. The topological polar surface area (TPSA) is 108 Å². The Morgan fingerprint density at radius 3 is 2.24 bits per heavy atom. The number of nitrogens with zero attached hydrogens (tertiary/aromatic N) is 3. The highest BCUT2D eigenvalue weighted by atomic mass is 35.5. The lowest BCUT2D eigenvalue weighted by molar-refractivity contribution is 0.102. The number of rotatable bonds is 7. The summed E-state index contributed by atoms with van der Waals surface area (Å²) in [6.07, 6.45) is 1.33. The second kappa shape index (κ2) is 10.0.